The Bertz CT molecular complexity index is 510. The highest BCUT2D eigenvalue weighted by molar-refractivity contribution is 5.74. The van der Waals surface area contributed by atoms with Crippen LogP contribution in [-0.4, -0.2) is 29.3 Å². The molecule has 1 aromatic rings. The van der Waals surface area contributed by atoms with Crippen LogP contribution >= 0.6 is 0 Å². The molecular weight excluding hydrogens is 264 g/mol. The molecule has 1 aliphatic rings. The minimum Gasteiger partial charge on any atom is -0.388 e. The SMILES string of the molecule is Cc1ccc(CC(C)NC(=O)NCC2(O)CCC2)c(C)c1. The Labute approximate surface area is 126 Å². The van der Waals surface area contributed by atoms with Gasteiger partial charge in [0.2, 0.25) is 0 Å². The van der Waals surface area contributed by atoms with Crippen molar-refractivity contribution >= 4 is 6.03 Å². The summed E-state index contributed by atoms with van der Waals surface area (Å²) in [6.45, 7) is 6.52. The van der Waals surface area contributed by atoms with E-state index in [9.17, 15) is 9.90 Å². The summed E-state index contributed by atoms with van der Waals surface area (Å²) in [5, 5.41) is 15.6. The average Bonchev–Trinajstić information content (AvgIpc) is 2.37. The molecule has 1 fully saturated rings. The van der Waals surface area contributed by atoms with Gasteiger partial charge in [0.15, 0.2) is 0 Å². The van der Waals surface area contributed by atoms with Crippen LogP contribution < -0.4 is 10.6 Å². The zero-order valence-corrected chi connectivity index (χ0v) is 13.2. The van der Waals surface area contributed by atoms with Crippen molar-refractivity contribution in [3.05, 3.63) is 34.9 Å². The first-order chi connectivity index (χ1) is 9.88. The quantitative estimate of drug-likeness (QED) is 0.780. The van der Waals surface area contributed by atoms with Crippen molar-refractivity contribution < 1.29 is 9.90 Å². The molecule has 21 heavy (non-hydrogen) atoms. The van der Waals surface area contributed by atoms with Crippen LogP contribution in [0.2, 0.25) is 0 Å². The molecule has 2 rings (SSSR count). The lowest BCUT2D eigenvalue weighted by atomic mass is 9.80. The maximum Gasteiger partial charge on any atom is 0.315 e. The molecule has 0 saturated heterocycles. The van der Waals surface area contributed by atoms with Gasteiger partial charge in [-0.15, -0.1) is 0 Å². The molecule has 1 aliphatic carbocycles. The van der Waals surface area contributed by atoms with Crippen LogP contribution in [0.15, 0.2) is 18.2 Å². The van der Waals surface area contributed by atoms with Gasteiger partial charge in [-0.05, 0) is 57.6 Å². The van der Waals surface area contributed by atoms with E-state index in [-0.39, 0.29) is 12.1 Å². The molecule has 3 N–H and O–H groups in total. The van der Waals surface area contributed by atoms with E-state index < -0.39 is 5.60 Å². The summed E-state index contributed by atoms with van der Waals surface area (Å²) in [6.07, 6.45) is 3.42. The molecular formula is C17H26N2O2. The first-order valence-corrected chi connectivity index (χ1v) is 7.71. The summed E-state index contributed by atoms with van der Waals surface area (Å²) in [5.41, 5.74) is 3.09. The number of nitrogens with one attached hydrogen (secondary N) is 2. The number of aryl methyl sites for hydroxylation is 2. The molecule has 0 radical (unpaired) electrons. The molecule has 1 unspecified atom stereocenters. The van der Waals surface area contributed by atoms with Crippen LogP contribution in [0.25, 0.3) is 0 Å². The second-order valence-electron chi connectivity index (χ2n) is 6.44. The molecule has 1 aromatic carbocycles. The third kappa shape index (κ3) is 4.46. The van der Waals surface area contributed by atoms with Gasteiger partial charge < -0.3 is 15.7 Å². The van der Waals surface area contributed by atoms with Gasteiger partial charge in [-0.3, -0.25) is 0 Å². The molecule has 116 valence electrons. The molecule has 2 amide bonds. The minimum absolute atomic E-state index is 0.0578. The lowest BCUT2D eigenvalue weighted by Crippen LogP contribution is -2.51. The summed E-state index contributed by atoms with van der Waals surface area (Å²) in [6, 6.07) is 6.24. The van der Waals surface area contributed by atoms with Crippen molar-refractivity contribution in [2.45, 2.75) is 58.1 Å². The maximum atomic E-state index is 11.8. The van der Waals surface area contributed by atoms with Crippen molar-refractivity contribution in [1.29, 1.82) is 0 Å². The van der Waals surface area contributed by atoms with Crippen LogP contribution in [0.5, 0.6) is 0 Å². The number of carbonyl (C=O) groups excluding carboxylic acids is 1. The Kier molecular flexibility index (Phi) is 4.88. The topological polar surface area (TPSA) is 61.4 Å². The lowest BCUT2D eigenvalue weighted by molar-refractivity contribution is -0.0290. The summed E-state index contributed by atoms with van der Waals surface area (Å²) < 4.78 is 0. The number of carbonyl (C=O) groups is 1. The molecule has 0 bridgehead atoms. The van der Waals surface area contributed by atoms with Crippen LogP contribution in [0.1, 0.15) is 42.9 Å². The fraction of sp³-hybridized carbons (Fsp3) is 0.588. The Balaban J connectivity index is 1.78. The number of urea groups is 1. The van der Waals surface area contributed by atoms with Gasteiger partial charge in [0.25, 0.3) is 0 Å². The zero-order chi connectivity index (χ0) is 15.5. The predicted molar refractivity (Wildman–Crippen MR) is 84.4 cm³/mol. The summed E-state index contributed by atoms with van der Waals surface area (Å²) in [4.78, 5) is 11.8. The Morgan fingerprint density at radius 1 is 1.38 bits per heavy atom. The van der Waals surface area contributed by atoms with Gasteiger partial charge >= 0.3 is 6.03 Å². The van der Waals surface area contributed by atoms with E-state index in [1.165, 1.54) is 16.7 Å². The zero-order valence-electron chi connectivity index (χ0n) is 13.2. The van der Waals surface area contributed by atoms with Crippen molar-refractivity contribution in [1.82, 2.24) is 10.6 Å². The lowest BCUT2D eigenvalue weighted by Gasteiger charge is -2.36. The van der Waals surface area contributed by atoms with Crippen LogP contribution in [0.4, 0.5) is 4.79 Å². The second kappa shape index (κ2) is 6.48. The van der Waals surface area contributed by atoms with E-state index in [1.807, 2.05) is 6.92 Å². The highest BCUT2D eigenvalue weighted by atomic mass is 16.3. The van der Waals surface area contributed by atoms with Crippen molar-refractivity contribution in [3.8, 4) is 0 Å². The van der Waals surface area contributed by atoms with Crippen molar-refractivity contribution in [2.24, 2.45) is 0 Å². The number of amides is 2. The van der Waals surface area contributed by atoms with Gasteiger partial charge in [-0.1, -0.05) is 23.8 Å². The first-order valence-electron chi connectivity index (χ1n) is 7.71. The predicted octanol–water partition coefficient (Wildman–Crippen LogP) is 2.45. The van der Waals surface area contributed by atoms with E-state index in [2.05, 4.69) is 42.7 Å². The summed E-state index contributed by atoms with van der Waals surface area (Å²) in [5.74, 6) is 0. The van der Waals surface area contributed by atoms with E-state index in [0.717, 1.165) is 25.7 Å². The Morgan fingerprint density at radius 3 is 2.67 bits per heavy atom. The fourth-order valence-corrected chi connectivity index (χ4v) is 2.74. The highest BCUT2D eigenvalue weighted by Crippen LogP contribution is 2.30. The van der Waals surface area contributed by atoms with Gasteiger partial charge in [0.05, 0.1) is 5.60 Å². The standard InChI is InChI=1S/C17H26N2O2/c1-12-5-6-15(13(2)9-12)10-14(3)19-16(20)18-11-17(21)7-4-8-17/h5-6,9,14,21H,4,7-8,10-11H2,1-3H3,(H2,18,19,20). The number of hydrogen-bond donors (Lipinski definition) is 3. The number of benzene rings is 1. The molecule has 0 aromatic heterocycles. The van der Waals surface area contributed by atoms with E-state index >= 15 is 0 Å². The summed E-state index contributed by atoms with van der Waals surface area (Å²) >= 11 is 0. The fourth-order valence-electron chi connectivity index (χ4n) is 2.74. The van der Waals surface area contributed by atoms with E-state index in [1.54, 1.807) is 0 Å². The monoisotopic (exact) mass is 290 g/mol. The molecule has 0 aliphatic heterocycles. The van der Waals surface area contributed by atoms with Gasteiger partial charge in [-0.25, -0.2) is 4.79 Å². The second-order valence-corrected chi connectivity index (χ2v) is 6.44. The third-order valence-corrected chi connectivity index (χ3v) is 4.26. The highest BCUT2D eigenvalue weighted by Gasteiger charge is 2.34. The van der Waals surface area contributed by atoms with Crippen molar-refractivity contribution in [3.63, 3.8) is 0 Å². The number of aliphatic hydroxyl groups is 1. The van der Waals surface area contributed by atoms with Crippen molar-refractivity contribution in [2.75, 3.05) is 6.54 Å². The van der Waals surface area contributed by atoms with E-state index in [4.69, 9.17) is 0 Å². The molecule has 1 saturated carbocycles. The molecule has 4 heteroatoms. The van der Waals surface area contributed by atoms with Crippen LogP contribution in [0, 0.1) is 13.8 Å². The first kappa shape index (κ1) is 15.8. The largest absolute Gasteiger partial charge is 0.388 e. The normalized spacial score (nSPS) is 17.7. The average molecular weight is 290 g/mol. The third-order valence-electron chi connectivity index (χ3n) is 4.26. The molecule has 0 heterocycles. The molecule has 4 nitrogen and oxygen atoms in total. The van der Waals surface area contributed by atoms with Gasteiger partial charge in [0, 0.05) is 12.6 Å². The summed E-state index contributed by atoms with van der Waals surface area (Å²) in [7, 11) is 0. The molecule has 1 atom stereocenters. The smallest absolute Gasteiger partial charge is 0.315 e. The Hall–Kier alpha value is -1.55. The molecule has 0 spiro atoms. The van der Waals surface area contributed by atoms with E-state index in [0.29, 0.717) is 6.54 Å². The van der Waals surface area contributed by atoms with Crippen LogP contribution in [0.3, 0.4) is 0 Å². The Morgan fingerprint density at radius 2 is 2.10 bits per heavy atom. The maximum absolute atomic E-state index is 11.8. The minimum atomic E-state index is -0.672. The number of hydrogen-bond acceptors (Lipinski definition) is 2. The number of rotatable bonds is 5. The van der Waals surface area contributed by atoms with Crippen LogP contribution in [-0.2, 0) is 6.42 Å². The van der Waals surface area contributed by atoms with Gasteiger partial charge in [-0.2, -0.15) is 0 Å². The van der Waals surface area contributed by atoms with Gasteiger partial charge in [0.1, 0.15) is 0 Å².